The molecule has 10 nitrogen and oxygen atoms in total. The van der Waals surface area contributed by atoms with Crippen molar-refractivity contribution in [3.05, 3.63) is 71.5 Å². The maximum absolute atomic E-state index is 12.3. The minimum Gasteiger partial charge on any atom is -0.480 e. The molecule has 10 heteroatoms. The van der Waals surface area contributed by atoms with Gasteiger partial charge in [0.05, 0.1) is 12.7 Å². The van der Waals surface area contributed by atoms with Crippen LogP contribution in [-0.2, 0) is 16.1 Å². The molecule has 0 radical (unpaired) electrons. The summed E-state index contributed by atoms with van der Waals surface area (Å²) in [5, 5.41) is 22.0. The molecule has 35 heavy (non-hydrogen) atoms. The zero-order chi connectivity index (χ0) is 24.9. The van der Waals surface area contributed by atoms with E-state index in [0.29, 0.717) is 0 Å². The highest BCUT2D eigenvalue weighted by atomic mass is 16.5. The van der Waals surface area contributed by atoms with Crippen molar-refractivity contribution in [3.63, 3.8) is 0 Å². The van der Waals surface area contributed by atoms with Crippen molar-refractivity contribution in [3.8, 4) is 11.1 Å². The molecule has 182 valence electrons. The summed E-state index contributed by atoms with van der Waals surface area (Å²) in [7, 11) is 0. The monoisotopic (exact) mass is 477 g/mol. The summed E-state index contributed by atoms with van der Waals surface area (Å²) >= 11 is 0. The Morgan fingerprint density at radius 1 is 1.06 bits per heavy atom. The van der Waals surface area contributed by atoms with E-state index in [1.54, 1.807) is 13.8 Å². The summed E-state index contributed by atoms with van der Waals surface area (Å²) in [5.74, 6) is -2.05. The van der Waals surface area contributed by atoms with Crippen LogP contribution < -0.4 is 10.6 Å². The van der Waals surface area contributed by atoms with Crippen molar-refractivity contribution in [1.82, 2.24) is 25.6 Å². The average Bonchev–Trinajstić information content (AvgIpc) is 3.44. The number of aromatic nitrogens is 3. The lowest BCUT2D eigenvalue weighted by Crippen LogP contribution is -2.44. The van der Waals surface area contributed by atoms with E-state index in [1.807, 2.05) is 24.3 Å². The van der Waals surface area contributed by atoms with Crippen LogP contribution in [0.3, 0.4) is 0 Å². The van der Waals surface area contributed by atoms with Crippen molar-refractivity contribution in [2.45, 2.75) is 32.4 Å². The molecule has 2 amide bonds. The summed E-state index contributed by atoms with van der Waals surface area (Å²) in [6, 6.07) is 15.2. The van der Waals surface area contributed by atoms with Gasteiger partial charge in [-0.3, -0.25) is 4.79 Å². The highest BCUT2D eigenvalue weighted by Gasteiger charge is 2.29. The molecular formula is C25H27N5O5. The number of carbonyl (C=O) groups excluding carboxylic acids is 2. The van der Waals surface area contributed by atoms with Gasteiger partial charge in [-0.1, -0.05) is 67.6 Å². The molecule has 0 aliphatic heterocycles. The Labute approximate surface area is 202 Å². The largest absolute Gasteiger partial charge is 0.480 e. The van der Waals surface area contributed by atoms with Gasteiger partial charge in [-0.2, -0.15) is 0 Å². The third-order valence-corrected chi connectivity index (χ3v) is 5.94. The molecule has 1 aromatic heterocycles. The third-order valence-electron chi connectivity index (χ3n) is 5.94. The highest BCUT2D eigenvalue weighted by Crippen LogP contribution is 2.44. The molecule has 1 atom stereocenters. The fourth-order valence-electron chi connectivity index (χ4n) is 4.16. The maximum Gasteiger partial charge on any atom is 0.407 e. The number of hydrogen-bond donors (Lipinski definition) is 3. The average molecular weight is 478 g/mol. The summed E-state index contributed by atoms with van der Waals surface area (Å²) in [6.07, 6.45) is 0.847. The van der Waals surface area contributed by atoms with Crippen LogP contribution >= 0.6 is 0 Å². The van der Waals surface area contributed by atoms with Crippen LogP contribution in [0.5, 0.6) is 0 Å². The third kappa shape index (κ3) is 5.32. The van der Waals surface area contributed by atoms with Crippen LogP contribution in [0.4, 0.5) is 4.79 Å². The maximum atomic E-state index is 12.3. The van der Waals surface area contributed by atoms with E-state index < -0.39 is 24.0 Å². The molecule has 3 N–H and O–H groups in total. The number of hydrogen-bond acceptors (Lipinski definition) is 6. The van der Waals surface area contributed by atoms with Gasteiger partial charge in [-0.25, -0.2) is 14.3 Å². The highest BCUT2D eigenvalue weighted by molar-refractivity contribution is 5.94. The smallest absolute Gasteiger partial charge is 0.407 e. The fourth-order valence-corrected chi connectivity index (χ4v) is 4.16. The predicted molar refractivity (Wildman–Crippen MR) is 127 cm³/mol. The molecule has 3 aromatic rings. The number of nitrogens with one attached hydrogen (secondary N) is 2. The minimum atomic E-state index is -1.12. The Kier molecular flexibility index (Phi) is 7.09. The SMILES string of the molecule is CC(C)C(NC(=O)c1cn(CCNC(=O)OCC2c3ccccc3-c3ccccc32)nn1)C(=O)O. The van der Waals surface area contributed by atoms with Crippen molar-refractivity contribution in [1.29, 1.82) is 0 Å². The molecule has 1 aliphatic rings. The van der Waals surface area contributed by atoms with Crippen molar-refractivity contribution in [2.24, 2.45) is 5.92 Å². The lowest BCUT2D eigenvalue weighted by atomic mass is 9.98. The number of carboxylic acids is 1. The Morgan fingerprint density at radius 3 is 2.29 bits per heavy atom. The number of carbonyl (C=O) groups is 3. The first-order valence-electron chi connectivity index (χ1n) is 11.4. The molecule has 0 bridgehead atoms. The quantitative estimate of drug-likeness (QED) is 0.431. The second kappa shape index (κ2) is 10.4. The molecule has 1 unspecified atom stereocenters. The summed E-state index contributed by atoms with van der Waals surface area (Å²) in [6.45, 7) is 4.09. The Bertz CT molecular complexity index is 1190. The zero-order valence-corrected chi connectivity index (χ0v) is 19.5. The number of rotatable bonds is 9. The van der Waals surface area contributed by atoms with Gasteiger partial charge in [0.25, 0.3) is 5.91 Å². The molecule has 4 rings (SSSR count). The lowest BCUT2D eigenvalue weighted by molar-refractivity contribution is -0.140. The molecule has 1 aliphatic carbocycles. The normalized spacial score (nSPS) is 13.1. The number of fused-ring (bicyclic) bond motifs is 3. The summed E-state index contributed by atoms with van der Waals surface area (Å²) < 4.78 is 6.89. The first-order valence-corrected chi connectivity index (χ1v) is 11.4. The van der Waals surface area contributed by atoms with Crippen LogP contribution in [0, 0.1) is 5.92 Å². The number of carboxylic acid groups (broad SMARTS) is 1. The van der Waals surface area contributed by atoms with Crippen LogP contribution in [0.2, 0.25) is 0 Å². The number of benzene rings is 2. The van der Waals surface area contributed by atoms with Crippen molar-refractivity contribution < 1.29 is 24.2 Å². The predicted octanol–water partition coefficient (Wildman–Crippen LogP) is 2.66. The molecule has 0 saturated heterocycles. The summed E-state index contributed by atoms with van der Waals surface area (Å²) in [4.78, 5) is 35.8. The Hall–Kier alpha value is -4.21. The Morgan fingerprint density at radius 2 is 1.69 bits per heavy atom. The van der Waals surface area contributed by atoms with Gasteiger partial charge in [0.1, 0.15) is 12.6 Å². The number of ether oxygens (including phenoxy) is 1. The van der Waals surface area contributed by atoms with Gasteiger partial charge in [0.2, 0.25) is 0 Å². The number of aliphatic carboxylic acids is 1. The molecule has 0 saturated carbocycles. The van der Waals surface area contributed by atoms with E-state index in [9.17, 15) is 19.5 Å². The first-order chi connectivity index (χ1) is 16.8. The van der Waals surface area contributed by atoms with E-state index in [-0.39, 0.29) is 37.2 Å². The van der Waals surface area contributed by atoms with Crippen molar-refractivity contribution in [2.75, 3.05) is 13.2 Å². The first kappa shape index (κ1) is 23.9. The van der Waals surface area contributed by atoms with E-state index in [2.05, 4.69) is 45.2 Å². The van der Waals surface area contributed by atoms with Gasteiger partial charge in [0.15, 0.2) is 5.69 Å². The molecule has 2 aromatic carbocycles. The van der Waals surface area contributed by atoms with Crippen molar-refractivity contribution >= 4 is 18.0 Å². The number of amides is 2. The molecule has 0 fully saturated rings. The van der Waals surface area contributed by atoms with Gasteiger partial charge < -0.3 is 20.5 Å². The number of alkyl carbamates (subject to hydrolysis) is 1. The van der Waals surface area contributed by atoms with E-state index in [1.165, 1.54) is 10.9 Å². The van der Waals surface area contributed by atoms with Crippen LogP contribution in [0.25, 0.3) is 11.1 Å². The minimum absolute atomic E-state index is 0.00181. The fraction of sp³-hybridized carbons (Fsp3) is 0.320. The van der Waals surface area contributed by atoms with E-state index >= 15 is 0 Å². The van der Waals surface area contributed by atoms with E-state index in [4.69, 9.17) is 4.74 Å². The van der Waals surface area contributed by atoms with Gasteiger partial charge in [-0.15, -0.1) is 5.10 Å². The zero-order valence-electron chi connectivity index (χ0n) is 19.5. The Balaban J connectivity index is 1.26. The molecular weight excluding hydrogens is 450 g/mol. The molecule has 0 spiro atoms. The second-order valence-corrected chi connectivity index (χ2v) is 8.65. The second-order valence-electron chi connectivity index (χ2n) is 8.65. The van der Waals surface area contributed by atoms with Crippen LogP contribution in [0.1, 0.15) is 41.4 Å². The topological polar surface area (TPSA) is 135 Å². The number of nitrogens with zero attached hydrogens (tertiary/aromatic N) is 3. The van der Waals surface area contributed by atoms with Crippen LogP contribution in [0.15, 0.2) is 54.7 Å². The lowest BCUT2D eigenvalue weighted by Gasteiger charge is -2.16. The van der Waals surface area contributed by atoms with E-state index in [0.717, 1.165) is 22.3 Å². The summed E-state index contributed by atoms with van der Waals surface area (Å²) in [5.41, 5.74) is 4.59. The standard InChI is InChI=1S/C25H27N5O5/c1-15(2)22(24(32)33)27-23(31)21-13-30(29-28-21)12-11-26-25(34)35-14-20-18-9-5-3-7-16(18)17-8-4-6-10-19(17)20/h3-10,13,15,20,22H,11-12,14H2,1-2H3,(H,26,34)(H,27,31)(H,32,33). The molecule has 1 heterocycles. The van der Waals surface area contributed by atoms with Gasteiger partial charge in [0, 0.05) is 12.5 Å². The van der Waals surface area contributed by atoms with Gasteiger partial charge >= 0.3 is 12.1 Å². The van der Waals surface area contributed by atoms with Crippen LogP contribution in [-0.4, -0.2) is 57.3 Å². The van der Waals surface area contributed by atoms with Gasteiger partial charge in [-0.05, 0) is 28.2 Å².